The lowest BCUT2D eigenvalue weighted by atomic mass is 10.3. The lowest BCUT2D eigenvalue weighted by Gasteiger charge is -2.00. The molecule has 0 saturated carbocycles. The predicted molar refractivity (Wildman–Crippen MR) is 42.6 cm³/mol. The number of rotatable bonds is 7. The van der Waals surface area contributed by atoms with E-state index >= 15 is 0 Å². The molecule has 0 rings (SSSR count). The maximum absolute atomic E-state index is 10.4. The monoisotopic (exact) mass is 160 g/mol. The van der Waals surface area contributed by atoms with Gasteiger partial charge >= 0.3 is 0 Å². The molecule has 0 bridgehead atoms. The van der Waals surface area contributed by atoms with Crippen molar-refractivity contribution in [3.63, 3.8) is 0 Å². The first-order valence-corrected chi connectivity index (χ1v) is 3.83. The standard InChI is InChI=1S/C8H16O3/c1-8(9)7-11-6-4-3-5-10-2/h3-7H2,1-2H3. The van der Waals surface area contributed by atoms with Gasteiger partial charge in [-0.1, -0.05) is 0 Å². The number of hydrogen-bond donors (Lipinski definition) is 0. The van der Waals surface area contributed by atoms with Crippen LogP contribution in [0.25, 0.3) is 0 Å². The van der Waals surface area contributed by atoms with Crippen molar-refractivity contribution < 1.29 is 14.3 Å². The number of carbonyl (C=O) groups excluding carboxylic acids is 1. The number of methoxy groups -OCH3 is 1. The summed E-state index contributed by atoms with van der Waals surface area (Å²) in [6.07, 6.45) is 1.95. The third-order valence-electron chi connectivity index (χ3n) is 1.19. The van der Waals surface area contributed by atoms with E-state index in [9.17, 15) is 4.79 Å². The molecule has 11 heavy (non-hydrogen) atoms. The lowest BCUT2D eigenvalue weighted by molar-refractivity contribution is -0.121. The minimum atomic E-state index is 0.0803. The molecule has 66 valence electrons. The molecule has 3 heteroatoms. The van der Waals surface area contributed by atoms with Gasteiger partial charge in [-0.25, -0.2) is 0 Å². The molecule has 0 amide bonds. The van der Waals surface area contributed by atoms with E-state index in [1.807, 2.05) is 0 Å². The molecule has 0 unspecified atom stereocenters. The summed E-state index contributed by atoms with van der Waals surface area (Å²) >= 11 is 0. The molecule has 3 nitrogen and oxygen atoms in total. The average Bonchev–Trinajstić information content (AvgIpc) is 1.96. The molecule has 0 aromatic rings. The third kappa shape index (κ3) is 9.59. The molecule has 0 aromatic carbocycles. The largest absolute Gasteiger partial charge is 0.385 e. The number of hydrogen-bond acceptors (Lipinski definition) is 3. The van der Waals surface area contributed by atoms with Gasteiger partial charge in [0.2, 0.25) is 0 Å². The lowest BCUT2D eigenvalue weighted by Crippen LogP contribution is -2.05. The predicted octanol–water partition coefficient (Wildman–Crippen LogP) is 1.02. The maximum Gasteiger partial charge on any atom is 0.155 e. The zero-order valence-corrected chi connectivity index (χ0v) is 7.26. The van der Waals surface area contributed by atoms with Gasteiger partial charge in [0.05, 0.1) is 0 Å². The second-order valence-electron chi connectivity index (χ2n) is 2.45. The minimum Gasteiger partial charge on any atom is -0.385 e. The van der Waals surface area contributed by atoms with E-state index in [-0.39, 0.29) is 12.4 Å². The third-order valence-corrected chi connectivity index (χ3v) is 1.19. The van der Waals surface area contributed by atoms with Gasteiger partial charge in [-0.05, 0) is 19.8 Å². The average molecular weight is 160 g/mol. The molecule has 0 aliphatic rings. The number of ketones is 1. The minimum absolute atomic E-state index is 0.0803. The van der Waals surface area contributed by atoms with Gasteiger partial charge in [0.1, 0.15) is 6.61 Å². The van der Waals surface area contributed by atoms with Crippen molar-refractivity contribution in [2.24, 2.45) is 0 Å². The zero-order chi connectivity index (χ0) is 8.53. The van der Waals surface area contributed by atoms with Crippen LogP contribution in [0.5, 0.6) is 0 Å². The van der Waals surface area contributed by atoms with E-state index < -0.39 is 0 Å². The van der Waals surface area contributed by atoms with Gasteiger partial charge in [-0.2, -0.15) is 0 Å². The summed E-state index contributed by atoms with van der Waals surface area (Å²) in [6.45, 7) is 3.19. The van der Waals surface area contributed by atoms with Crippen LogP contribution in [0.4, 0.5) is 0 Å². The van der Waals surface area contributed by atoms with Crippen molar-refractivity contribution in [3.8, 4) is 0 Å². The van der Waals surface area contributed by atoms with Gasteiger partial charge in [0.25, 0.3) is 0 Å². The van der Waals surface area contributed by atoms with Crippen LogP contribution >= 0.6 is 0 Å². The van der Waals surface area contributed by atoms with E-state index in [1.54, 1.807) is 7.11 Å². The van der Waals surface area contributed by atoms with Gasteiger partial charge in [-0.15, -0.1) is 0 Å². The van der Waals surface area contributed by atoms with Crippen molar-refractivity contribution in [2.75, 3.05) is 26.9 Å². The Labute approximate surface area is 67.7 Å². The molecule has 0 spiro atoms. The Hall–Kier alpha value is -0.410. The highest BCUT2D eigenvalue weighted by Gasteiger charge is 1.92. The molecule has 0 fully saturated rings. The second-order valence-corrected chi connectivity index (χ2v) is 2.45. The summed E-state index contributed by atoms with van der Waals surface area (Å²) in [5.74, 6) is 0.0803. The zero-order valence-electron chi connectivity index (χ0n) is 7.26. The Morgan fingerprint density at radius 1 is 1.27 bits per heavy atom. The molecule has 0 saturated heterocycles. The number of Topliss-reactive ketones (excluding diaryl/α,β-unsaturated/α-hetero) is 1. The number of unbranched alkanes of at least 4 members (excludes halogenated alkanes) is 1. The Balaban J connectivity index is 2.85. The van der Waals surface area contributed by atoms with Crippen LogP contribution in [0.3, 0.4) is 0 Å². The first-order chi connectivity index (χ1) is 5.27. The summed E-state index contributed by atoms with van der Waals surface area (Å²) in [6, 6.07) is 0. The van der Waals surface area contributed by atoms with Crippen molar-refractivity contribution in [3.05, 3.63) is 0 Å². The van der Waals surface area contributed by atoms with Crippen LogP contribution in [0.1, 0.15) is 19.8 Å². The number of carbonyl (C=O) groups is 1. The first-order valence-electron chi connectivity index (χ1n) is 3.83. The molecule has 0 aromatic heterocycles. The molecule has 0 aliphatic heterocycles. The van der Waals surface area contributed by atoms with E-state index in [0.717, 1.165) is 19.4 Å². The van der Waals surface area contributed by atoms with Gasteiger partial charge in [-0.3, -0.25) is 4.79 Å². The maximum atomic E-state index is 10.4. The Kier molecular flexibility index (Phi) is 7.41. The van der Waals surface area contributed by atoms with E-state index in [1.165, 1.54) is 6.92 Å². The van der Waals surface area contributed by atoms with Gasteiger partial charge in [0.15, 0.2) is 5.78 Å². The van der Waals surface area contributed by atoms with Crippen LogP contribution in [-0.4, -0.2) is 32.7 Å². The van der Waals surface area contributed by atoms with Crippen molar-refractivity contribution >= 4 is 5.78 Å². The smallest absolute Gasteiger partial charge is 0.155 e. The quantitative estimate of drug-likeness (QED) is 0.521. The van der Waals surface area contributed by atoms with Crippen LogP contribution in [-0.2, 0) is 14.3 Å². The summed E-state index contributed by atoms with van der Waals surface area (Å²) in [7, 11) is 1.68. The van der Waals surface area contributed by atoms with Crippen LogP contribution in [0, 0.1) is 0 Å². The van der Waals surface area contributed by atoms with E-state index in [4.69, 9.17) is 9.47 Å². The van der Waals surface area contributed by atoms with Gasteiger partial charge < -0.3 is 9.47 Å². The SMILES string of the molecule is COCCCCOCC(C)=O. The molecular formula is C8H16O3. The molecule has 0 radical (unpaired) electrons. The Morgan fingerprint density at radius 2 is 1.91 bits per heavy atom. The van der Waals surface area contributed by atoms with Crippen LogP contribution < -0.4 is 0 Å². The van der Waals surface area contributed by atoms with E-state index in [2.05, 4.69) is 0 Å². The fourth-order valence-corrected chi connectivity index (χ4v) is 0.666. The Morgan fingerprint density at radius 3 is 2.45 bits per heavy atom. The van der Waals surface area contributed by atoms with Crippen molar-refractivity contribution in [1.29, 1.82) is 0 Å². The summed E-state index contributed by atoms with van der Waals surface area (Å²) < 4.78 is 9.88. The van der Waals surface area contributed by atoms with Crippen molar-refractivity contribution in [2.45, 2.75) is 19.8 Å². The second kappa shape index (κ2) is 7.69. The summed E-state index contributed by atoms with van der Waals surface area (Å²) in [5.41, 5.74) is 0. The first kappa shape index (κ1) is 10.6. The molecule has 0 aliphatic carbocycles. The molecule has 0 N–H and O–H groups in total. The fraction of sp³-hybridized carbons (Fsp3) is 0.875. The summed E-state index contributed by atoms with van der Waals surface area (Å²) in [4.78, 5) is 10.4. The normalized spacial score (nSPS) is 10.0. The molecular weight excluding hydrogens is 144 g/mol. The highest BCUT2D eigenvalue weighted by atomic mass is 16.5. The van der Waals surface area contributed by atoms with Gasteiger partial charge in [0, 0.05) is 20.3 Å². The molecule has 0 atom stereocenters. The Bertz CT molecular complexity index is 102. The van der Waals surface area contributed by atoms with Crippen LogP contribution in [0.2, 0.25) is 0 Å². The highest BCUT2D eigenvalue weighted by molar-refractivity contribution is 5.76. The number of ether oxygens (including phenoxy) is 2. The highest BCUT2D eigenvalue weighted by Crippen LogP contribution is 1.90. The van der Waals surface area contributed by atoms with Crippen molar-refractivity contribution in [1.82, 2.24) is 0 Å². The molecule has 0 heterocycles. The van der Waals surface area contributed by atoms with E-state index in [0.29, 0.717) is 6.61 Å². The van der Waals surface area contributed by atoms with Crippen LogP contribution in [0.15, 0.2) is 0 Å². The fourth-order valence-electron chi connectivity index (χ4n) is 0.666. The topological polar surface area (TPSA) is 35.5 Å². The summed E-state index contributed by atoms with van der Waals surface area (Å²) in [5, 5.41) is 0.